The van der Waals surface area contributed by atoms with Crippen molar-refractivity contribution < 1.29 is 28.6 Å². The quantitative estimate of drug-likeness (QED) is 0.220. The van der Waals surface area contributed by atoms with Gasteiger partial charge in [0.05, 0.1) is 23.8 Å². The predicted octanol–water partition coefficient (Wildman–Crippen LogP) is 5.94. The van der Waals surface area contributed by atoms with E-state index in [1.54, 1.807) is 60.8 Å². The fourth-order valence-electron chi connectivity index (χ4n) is 4.28. The number of nitrogens with zero attached hydrogens (tertiary/aromatic N) is 2. The lowest BCUT2D eigenvalue weighted by Crippen LogP contribution is -2.31. The number of anilines is 1. The Balaban J connectivity index is 1.59. The smallest absolute Gasteiger partial charge is 0.338 e. The SMILES string of the molecule is CCCOC(=O)c1cccc(N2C(=O)C(O)=C(C(=O)c3cc4cc(Br)ccc4o3)C2c2cccnc2)c1. The Morgan fingerprint density at radius 1 is 1.14 bits per heavy atom. The number of esters is 1. The summed E-state index contributed by atoms with van der Waals surface area (Å²) < 4.78 is 11.8. The van der Waals surface area contributed by atoms with Crippen molar-refractivity contribution in [2.45, 2.75) is 19.4 Å². The molecule has 0 saturated heterocycles. The number of ether oxygens (including phenoxy) is 1. The van der Waals surface area contributed by atoms with Gasteiger partial charge in [-0.2, -0.15) is 0 Å². The van der Waals surface area contributed by atoms with Crippen molar-refractivity contribution in [1.82, 2.24) is 4.98 Å². The van der Waals surface area contributed by atoms with E-state index in [4.69, 9.17) is 9.15 Å². The van der Waals surface area contributed by atoms with Crippen molar-refractivity contribution in [3.05, 3.63) is 106 Å². The van der Waals surface area contributed by atoms with Gasteiger partial charge in [0.2, 0.25) is 5.78 Å². The van der Waals surface area contributed by atoms with Crippen LogP contribution < -0.4 is 4.90 Å². The number of fused-ring (bicyclic) bond motifs is 1. The van der Waals surface area contributed by atoms with Crippen molar-refractivity contribution in [1.29, 1.82) is 0 Å². The molecule has 5 rings (SSSR count). The molecule has 0 aliphatic carbocycles. The number of Topliss-reactive ketones (excluding diaryl/α,β-unsaturated/α-hetero) is 1. The Kier molecular flexibility index (Phi) is 6.62. The zero-order chi connectivity index (χ0) is 26.1. The van der Waals surface area contributed by atoms with Crippen molar-refractivity contribution >= 4 is 50.2 Å². The van der Waals surface area contributed by atoms with Crippen LogP contribution in [0.1, 0.15) is 45.9 Å². The molecule has 0 radical (unpaired) electrons. The van der Waals surface area contributed by atoms with Gasteiger partial charge in [-0.1, -0.05) is 35.0 Å². The maximum atomic E-state index is 13.7. The van der Waals surface area contributed by atoms with Crippen LogP contribution in [0.15, 0.2) is 93.3 Å². The normalized spacial score (nSPS) is 15.5. The third-order valence-corrected chi connectivity index (χ3v) is 6.45. The number of rotatable bonds is 7. The third kappa shape index (κ3) is 4.53. The van der Waals surface area contributed by atoms with Crippen LogP contribution in [0.3, 0.4) is 0 Å². The number of hydrogen-bond acceptors (Lipinski definition) is 7. The summed E-state index contributed by atoms with van der Waals surface area (Å²) in [7, 11) is 0. The van der Waals surface area contributed by atoms with E-state index in [0.29, 0.717) is 28.6 Å². The summed E-state index contributed by atoms with van der Waals surface area (Å²) in [5.74, 6) is -2.66. The number of benzene rings is 2. The maximum absolute atomic E-state index is 13.7. The lowest BCUT2D eigenvalue weighted by molar-refractivity contribution is -0.117. The number of aromatic nitrogens is 1. The minimum atomic E-state index is -1.00. The van der Waals surface area contributed by atoms with Gasteiger partial charge in [-0.15, -0.1) is 0 Å². The van der Waals surface area contributed by atoms with Crippen LogP contribution in [-0.2, 0) is 9.53 Å². The van der Waals surface area contributed by atoms with E-state index in [-0.39, 0.29) is 23.5 Å². The first-order valence-electron chi connectivity index (χ1n) is 11.6. The number of furan rings is 1. The highest BCUT2D eigenvalue weighted by atomic mass is 79.9. The second-order valence-electron chi connectivity index (χ2n) is 8.43. The van der Waals surface area contributed by atoms with Crippen LogP contribution in [0, 0.1) is 0 Å². The summed E-state index contributed by atoms with van der Waals surface area (Å²) in [6, 6.07) is 15.6. The molecule has 186 valence electrons. The van der Waals surface area contributed by atoms with Gasteiger partial charge in [0.25, 0.3) is 5.91 Å². The molecule has 0 bridgehead atoms. The maximum Gasteiger partial charge on any atom is 0.338 e. The first-order chi connectivity index (χ1) is 17.9. The monoisotopic (exact) mass is 560 g/mol. The number of carbonyl (C=O) groups excluding carboxylic acids is 3. The van der Waals surface area contributed by atoms with Crippen LogP contribution in [0.4, 0.5) is 5.69 Å². The molecule has 4 aromatic rings. The molecule has 0 fully saturated rings. The molecule has 9 heteroatoms. The van der Waals surface area contributed by atoms with Crippen molar-refractivity contribution in [3.63, 3.8) is 0 Å². The Morgan fingerprint density at radius 3 is 2.73 bits per heavy atom. The number of halogens is 1. The molecule has 1 aliphatic heterocycles. The molecule has 1 N–H and O–H groups in total. The minimum absolute atomic E-state index is 0.0184. The van der Waals surface area contributed by atoms with Gasteiger partial charge in [0.1, 0.15) is 5.58 Å². The van der Waals surface area contributed by atoms with Gasteiger partial charge < -0.3 is 14.3 Å². The number of carbonyl (C=O) groups is 3. The number of amides is 1. The van der Waals surface area contributed by atoms with Crippen molar-refractivity contribution in [2.75, 3.05) is 11.5 Å². The highest BCUT2D eigenvalue weighted by molar-refractivity contribution is 9.10. The molecule has 2 aromatic heterocycles. The number of aliphatic hydroxyl groups excluding tert-OH is 1. The number of aliphatic hydroxyl groups is 1. The van der Waals surface area contributed by atoms with E-state index in [1.807, 2.05) is 6.92 Å². The van der Waals surface area contributed by atoms with Crippen LogP contribution in [0.25, 0.3) is 11.0 Å². The number of hydrogen-bond donors (Lipinski definition) is 1. The summed E-state index contributed by atoms with van der Waals surface area (Å²) in [5, 5.41) is 11.7. The predicted molar refractivity (Wildman–Crippen MR) is 139 cm³/mol. The number of pyridine rings is 1. The third-order valence-electron chi connectivity index (χ3n) is 5.95. The molecule has 8 nitrogen and oxygen atoms in total. The van der Waals surface area contributed by atoms with E-state index in [2.05, 4.69) is 20.9 Å². The summed E-state index contributed by atoms with van der Waals surface area (Å²) in [6.45, 7) is 2.15. The topological polar surface area (TPSA) is 110 Å². The molecule has 0 spiro atoms. The Labute approximate surface area is 220 Å². The summed E-state index contributed by atoms with van der Waals surface area (Å²) in [4.78, 5) is 45.0. The summed E-state index contributed by atoms with van der Waals surface area (Å²) in [5.41, 5.74) is 1.40. The molecule has 1 unspecified atom stereocenters. The van der Waals surface area contributed by atoms with Gasteiger partial charge in [0, 0.05) is 27.9 Å². The van der Waals surface area contributed by atoms with Crippen molar-refractivity contribution in [3.8, 4) is 0 Å². The molecule has 37 heavy (non-hydrogen) atoms. The van der Waals surface area contributed by atoms with Gasteiger partial charge in [-0.25, -0.2) is 4.79 Å². The van der Waals surface area contributed by atoms with Crippen LogP contribution >= 0.6 is 15.9 Å². The first-order valence-corrected chi connectivity index (χ1v) is 12.4. The van der Waals surface area contributed by atoms with E-state index in [0.717, 1.165) is 4.47 Å². The second-order valence-corrected chi connectivity index (χ2v) is 9.35. The van der Waals surface area contributed by atoms with Crippen LogP contribution in [0.5, 0.6) is 0 Å². The fraction of sp³-hybridized carbons (Fsp3) is 0.143. The van der Waals surface area contributed by atoms with Gasteiger partial charge >= 0.3 is 5.97 Å². The van der Waals surface area contributed by atoms with Gasteiger partial charge in [0.15, 0.2) is 11.5 Å². The molecule has 0 saturated carbocycles. The summed E-state index contributed by atoms with van der Waals surface area (Å²) >= 11 is 3.40. The molecule has 1 aliphatic rings. The standard InChI is InChI=1S/C28H21BrN2O6/c1-2-11-36-28(35)16-5-3-7-20(13-16)31-24(17-6-4-10-30-15-17)23(26(33)27(31)34)25(32)22-14-18-12-19(29)8-9-21(18)37-22/h3-10,12-15,24,33H,2,11H2,1H3. The molecule has 2 aromatic carbocycles. The molecule has 1 amide bonds. The van der Waals surface area contributed by atoms with Crippen molar-refractivity contribution in [2.24, 2.45) is 0 Å². The molecular formula is C28H21BrN2O6. The Bertz CT molecular complexity index is 1560. The zero-order valence-corrected chi connectivity index (χ0v) is 21.3. The first kappa shape index (κ1) is 24.5. The van der Waals surface area contributed by atoms with Crippen LogP contribution in [0.2, 0.25) is 0 Å². The lowest BCUT2D eigenvalue weighted by Gasteiger charge is -2.26. The number of ketones is 1. The average Bonchev–Trinajstić information content (AvgIpc) is 3.45. The molecule has 1 atom stereocenters. The van der Waals surface area contributed by atoms with E-state index in [9.17, 15) is 19.5 Å². The largest absolute Gasteiger partial charge is 0.503 e. The molecule has 3 heterocycles. The van der Waals surface area contributed by atoms with E-state index < -0.39 is 29.5 Å². The van der Waals surface area contributed by atoms with E-state index in [1.165, 1.54) is 17.2 Å². The average molecular weight is 561 g/mol. The highest BCUT2D eigenvalue weighted by Gasteiger charge is 2.45. The Hall–Kier alpha value is -4.24. The highest BCUT2D eigenvalue weighted by Crippen LogP contribution is 2.42. The second kappa shape index (κ2) is 10.0. The van der Waals surface area contributed by atoms with E-state index >= 15 is 0 Å². The Morgan fingerprint density at radius 2 is 1.97 bits per heavy atom. The van der Waals surface area contributed by atoms with Crippen LogP contribution in [-0.4, -0.2) is 34.4 Å². The summed E-state index contributed by atoms with van der Waals surface area (Å²) in [6.07, 6.45) is 3.75. The van der Waals surface area contributed by atoms with Gasteiger partial charge in [-0.05, 0) is 60.5 Å². The fourth-order valence-corrected chi connectivity index (χ4v) is 4.66. The van der Waals surface area contributed by atoms with Gasteiger partial charge in [-0.3, -0.25) is 19.5 Å². The lowest BCUT2D eigenvalue weighted by atomic mass is 9.95. The molecular weight excluding hydrogens is 540 g/mol. The zero-order valence-electron chi connectivity index (χ0n) is 19.7. The minimum Gasteiger partial charge on any atom is -0.503 e.